The Hall–Kier alpha value is -2.05. The SMILES string of the molecule is NC(=O)Cc1ccc2nc(C(F)(F)F)[nH]c2c1. The zero-order valence-corrected chi connectivity index (χ0v) is 8.51. The third kappa shape index (κ3) is 2.38. The van der Waals surface area contributed by atoms with E-state index in [1.54, 1.807) is 0 Å². The van der Waals surface area contributed by atoms with Gasteiger partial charge in [0.1, 0.15) is 0 Å². The van der Waals surface area contributed by atoms with E-state index in [1.807, 2.05) is 0 Å². The first-order chi connectivity index (χ1) is 7.86. The van der Waals surface area contributed by atoms with Crippen molar-refractivity contribution in [3.8, 4) is 0 Å². The lowest BCUT2D eigenvalue weighted by Crippen LogP contribution is -2.13. The van der Waals surface area contributed by atoms with Gasteiger partial charge in [0, 0.05) is 0 Å². The summed E-state index contributed by atoms with van der Waals surface area (Å²) in [5, 5.41) is 0. The number of hydrogen-bond acceptors (Lipinski definition) is 2. The van der Waals surface area contributed by atoms with E-state index in [1.165, 1.54) is 18.2 Å². The number of carbonyl (C=O) groups is 1. The number of amides is 1. The number of imidazole rings is 1. The Bertz CT molecular complexity index is 574. The number of benzene rings is 1. The molecule has 1 aromatic carbocycles. The molecule has 0 aliphatic heterocycles. The highest BCUT2D eigenvalue weighted by Gasteiger charge is 2.34. The maximum Gasteiger partial charge on any atom is 0.449 e. The maximum atomic E-state index is 12.4. The van der Waals surface area contributed by atoms with Gasteiger partial charge < -0.3 is 10.7 Å². The molecule has 0 bridgehead atoms. The van der Waals surface area contributed by atoms with Crippen molar-refractivity contribution < 1.29 is 18.0 Å². The van der Waals surface area contributed by atoms with Crippen molar-refractivity contribution in [2.45, 2.75) is 12.6 Å². The highest BCUT2D eigenvalue weighted by Crippen LogP contribution is 2.28. The van der Waals surface area contributed by atoms with E-state index in [4.69, 9.17) is 5.73 Å². The number of nitrogens with zero attached hydrogens (tertiary/aromatic N) is 1. The Morgan fingerprint density at radius 1 is 1.41 bits per heavy atom. The number of nitrogens with one attached hydrogen (secondary N) is 1. The van der Waals surface area contributed by atoms with Crippen LogP contribution in [-0.2, 0) is 17.4 Å². The molecule has 1 heterocycles. The van der Waals surface area contributed by atoms with Crippen molar-refractivity contribution in [1.82, 2.24) is 9.97 Å². The predicted octanol–water partition coefficient (Wildman–Crippen LogP) is 1.61. The third-order valence-corrected chi connectivity index (χ3v) is 2.19. The van der Waals surface area contributed by atoms with Crippen LogP contribution in [0.15, 0.2) is 18.2 Å². The van der Waals surface area contributed by atoms with Crippen LogP contribution in [0.4, 0.5) is 13.2 Å². The fourth-order valence-corrected chi connectivity index (χ4v) is 1.50. The molecule has 3 N–H and O–H groups in total. The van der Waals surface area contributed by atoms with E-state index >= 15 is 0 Å². The first-order valence-electron chi connectivity index (χ1n) is 4.70. The molecule has 2 rings (SSSR count). The quantitative estimate of drug-likeness (QED) is 0.841. The summed E-state index contributed by atoms with van der Waals surface area (Å²) in [7, 11) is 0. The average Bonchev–Trinajstić information content (AvgIpc) is 2.58. The molecule has 0 radical (unpaired) electrons. The van der Waals surface area contributed by atoms with E-state index in [0.29, 0.717) is 5.56 Å². The molecule has 0 saturated carbocycles. The lowest BCUT2D eigenvalue weighted by molar-refractivity contribution is -0.144. The van der Waals surface area contributed by atoms with Gasteiger partial charge in [0.05, 0.1) is 17.5 Å². The zero-order chi connectivity index (χ0) is 12.6. The fourth-order valence-electron chi connectivity index (χ4n) is 1.50. The molecule has 17 heavy (non-hydrogen) atoms. The summed E-state index contributed by atoms with van der Waals surface area (Å²) in [6.07, 6.45) is -4.53. The van der Waals surface area contributed by atoms with Crippen molar-refractivity contribution in [2.75, 3.05) is 0 Å². The molecule has 7 heteroatoms. The number of alkyl halides is 3. The summed E-state index contributed by atoms with van der Waals surface area (Å²) in [5.74, 6) is -1.59. The Morgan fingerprint density at radius 3 is 2.71 bits per heavy atom. The topological polar surface area (TPSA) is 71.8 Å². The van der Waals surface area contributed by atoms with Crippen LogP contribution < -0.4 is 5.73 Å². The summed E-state index contributed by atoms with van der Waals surface area (Å²) < 4.78 is 37.1. The number of H-pyrrole nitrogens is 1. The molecule has 1 amide bonds. The first kappa shape index (κ1) is 11.4. The molecule has 0 aliphatic rings. The molecule has 0 aliphatic carbocycles. The van der Waals surface area contributed by atoms with Gasteiger partial charge in [0.2, 0.25) is 11.7 Å². The van der Waals surface area contributed by atoms with Gasteiger partial charge >= 0.3 is 6.18 Å². The van der Waals surface area contributed by atoms with E-state index in [0.717, 1.165) is 0 Å². The van der Waals surface area contributed by atoms with Crippen LogP contribution in [0, 0.1) is 0 Å². The van der Waals surface area contributed by atoms with Crippen molar-refractivity contribution in [1.29, 1.82) is 0 Å². The van der Waals surface area contributed by atoms with Gasteiger partial charge in [-0.1, -0.05) is 6.07 Å². The Labute approximate surface area is 93.6 Å². The van der Waals surface area contributed by atoms with E-state index in [-0.39, 0.29) is 17.5 Å². The summed E-state index contributed by atoms with van der Waals surface area (Å²) in [6.45, 7) is 0. The minimum absolute atomic E-state index is 0.0175. The van der Waals surface area contributed by atoms with Crippen LogP contribution >= 0.6 is 0 Å². The van der Waals surface area contributed by atoms with Gasteiger partial charge in [-0.2, -0.15) is 13.2 Å². The van der Waals surface area contributed by atoms with Crippen LogP contribution in [0.2, 0.25) is 0 Å². The van der Waals surface area contributed by atoms with Crippen LogP contribution in [0.5, 0.6) is 0 Å². The second-order valence-electron chi connectivity index (χ2n) is 3.58. The lowest BCUT2D eigenvalue weighted by Gasteiger charge is -1.99. The van der Waals surface area contributed by atoms with Crippen LogP contribution in [-0.4, -0.2) is 15.9 Å². The van der Waals surface area contributed by atoms with Crippen molar-refractivity contribution in [2.24, 2.45) is 5.73 Å². The molecule has 4 nitrogen and oxygen atoms in total. The number of aromatic nitrogens is 2. The second kappa shape index (κ2) is 3.76. The van der Waals surface area contributed by atoms with Gasteiger partial charge in [-0.05, 0) is 17.7 Å². The number of aromatic amines is 1. The predicted molar refractivity (Wildman–Crippen MR) is 54.0 cm³/mol. The number of nitrogens with two attached hydrogens (primary N) is 1. The number of halogens is 3. The van der Waals surface area contributed by atoms with Gasteiger partial charge in [0.15, 0.2) is 0 Å². The minimum Gasteiger partial charge on any atom is -0.369 e. The molecule has 2 aromatic rings. The summed E-state index contributed by atoms with van der Waals surface area (Å²) in [4.78, 5) is 16.3. The van der Waals surface area contributed by atoms with Gasteiger partial charge in [0.25, 0.3) is 0 Å². The Kier molecular flexibility index (Phi) is 2.53. The molecular formula is C10H8F3N3O. The number of hydrogen-bond donors (Lipinski definition) is 2. The smallest absolute Gasteiger partial charge is 0.369 e. The maximum absolute atomic E-state index is 12.4. The van der Waals surface area contributed by atoms with Gasteiger partial charge in [-0.15, -0.1) is 0 Å². The summed E-state index contributed by atoms with van der Waals surface area (Å²) in [5.41, 5.74) is 5.97. The molecule has 0 unspecified atom stereocenters. The highest BCUT2D eigenvalue weighted by atomic mass is 19.4. The summed E-state index contributed by atoms with van der Waals surface area (Å²) in [6, 6.07) is 4.37. The van der Waals surface area contributed by atoms with E-state index in [9.17, 15) is 18.0 Å². The number of rotatable bonds is 2. The third-order valence-electron chi connectivity index (χ3n) is 2.19. The molecule has 1 aromatic heterocycles. The Balaban J connectivity index is 2.44. The van der Waals surface area contributed by atoms with Crippen molar-refractivity contribution >= 4 is 16.9 Å². The molecule has 0 atom stereocenters. The minimum atomic E-state index is -4.51. The normalized spacial score (nSPS) is 11.9. The molecule has 0 fully saturated rings. The fraction of sp³-hybridized carbons (Fsp3) is 0.200. The van der Waals surface area contributed by atoms with Crippen molar-refractivity contribution in [3.05, 3.63) is 29.6 Å². The number of primary amides is 1. The van der Waals surface area contributed by atoms with Crippen LogP contribution in [0.25, 0.3) is 11.0 Å². The second-order valence-corrected chi connectivity index (χ2v) is 3.58. The molecule has 0 spiro atoms. The van der Waals surface area contributed by atoms with Crippen LogP contribution in [0.1, 0.15) is 11.4 Å². The number of fused-ring (bicyclic) bond motifs is 1. The average molecular weight is 243 g/mol. The Morgan fingerprint density at radius 2 is 2.12 bits per heavy atom. The van der Waals surface area contributed by atoms with Gasteiger partial charge in [-0.25, -0.2) is 4.98 Å². The standard InChI is InChI=1S/C10H8F3N3O/c11-10(12,13)9-15-6-2-1-5(4-8(14)17)3-7(6)16-9/h1-3H,4H2,(H2,14,17)(H,15,16). The first-order valence-corrected chi connectivity index (χ1v) is 4.70. The van der Waals surface area contributed by atoms with E-state index in [2.05, 4.69) is 9.97 Å². The number of carbonyl (C=O) groups excluding carboxylic acids is 1. The summed E-state index contributed by atoms with van der Waals surface area (Å²) >= 11 is 0. The molecular weight excluding hydrogens is 235 g/mol. The molecule has 90 valence electrons. The lowest BCUT2D eigenvalue weighted by atomic mass is 10.1. The monoisotopic (exact) mass is 243 g/mol. The molecule has 0 saturated heterocycles. The van der Waals surface area contributed by atoms with Crippen molar-refractivity contribution in [3.63, 3.8) is 0 Å². The van der Waals surface area contributed by atoms with Gasteiger partial charge in [-0.3, -0.25) is 4.79 Å². The van der Waals surface area contributed by atoms with E-state index < -0.39 is 17.9 Å². The highest BCUT2D eigenvalue weighted by molar-refractivity contribution is 5.80. The largest absolute Gasteiger partial charge is 0.449 e. The zero-order valence-electron chi connectivity index (χ0n) is 8.51. The van der Waals surface area contributed by atoms with Crippen LogP contribution in [0.3, 0.4) is 0 Å².